The standard InChI is InChI=1S/C33H33NO5S/c1-6-38-33(36)31-27(25-14-11-21(2)23(4)17-25)20-40-32(31)34-30(35)16-13-24-12-15-28(29(18-24)37-5)39-19-26-10-8-7-9-22(26)3/h7-18,20H,6,19H2,1-5H3,(H,34,35)/b16-13+. The van der Waals surface area contributed by atoms with E-state index in [2.05, 4.69) is 5.32 Å². The number of nitrogens with one attached hydrogen (secondary N) is 1. The van der Waals surface area contributed by atoms with E-state index in [1.54, 1.807) is 20.1 Å². The Morgan fingerprint density at radius 1 is 0.925 bits per heavy atom. The van der Waals surface area contributed by atoms with Gasteiger partial charge in [0, 0.05) is 17.0 Å². The molecule has 1 amide bonds. The second-order valence-corrected chi connectivity index (χ2v) is 10.2. The number of hydrogen-bond donors (Lipinski definition) is 1. The summed E-state index contributed by atoms with van der Waals surface area (Å²) in [7, 11) is 1.58. The van der Waals surface area contributed by atoms with Gasteiger partial charge in [-0.1, -0.05) is 48.5 Å². The molecular formula is C33H33NO5S. The zero-order valence-corrected chi connectivity index (χ0v) is 24.2. The minimum atomic E-state index is -0.470. The maximum atomic E-state index is 12.9. The van der Waals surface area contributed by atoms with Crippen molar-refractivity contribution in [3.05, 3.63) is 106 Å². The Morgan fingerprint density at radius 2 is 1.73 bits per heavy atom. The fourth-order valence-corrected chi connectivity index (χ4v) is 5.10. The minimum Gasteiger partial charge on any atom is -0.493 e. The maximum Gasteiger partial charge on any atom is 0.341 e. The lowest BCUT2D eigenvalue weighted by Crippen LogP contribution is -2.12. The highest BCUT2D eigenvalue weighted by molar-refractivity contribution is 7.15. The molecule has 1 heterocycles. The highest BCUT2D eigenvalue weighted by atomic mass is 32.1. The Balaban J connectivity index is 1.50. The van der Waals surface area contributed by atoms with Crippen molar-refractivity contribution >= 4 is 34.3 Å². The molecule has 3 aromatic carbocycles. The molecule has 4 aromatic rings. The number of esters is 1. The van der Waals surface area contributed by atoms with Crippen LogP contribution in [0, 0.1) is 20.8 Å². The molecule has 0 unspecified atom stereocenters. The molecule has 6 nitrogen and oxygen atoms in total. The first-order chi connectivity index (χ1) is 19.3. The first-order valence-electron chi connectivity index (χ1n) is 13.0. The molecule has 0 bridgehead atoms. The van der Waals surface area contributed by atoms with Crippen LogP contribution in [0.15, 0.2) is 72.1 Å². The first-order valence-corrected chi connectivity index (χ1v) is 13.9. The Hall–Kier alpha value is -4.36. The zero-order valence-electron chi connectivity index (χ0n) is 23.4. The highest BCUT2D eigenvalue weighted by Crippen LogP contribution is 2.37. The van der Waals surface area contributed by atoms with Crippen molar-refractivity contribution in [1.82, 2.24) is 0 Å². The van der Waals surface area contributed by atoms with E-state index in [-0.39, 0.29) is 12.5 Å². The number of aryl methyl sites for hydroxylation is 3. The van der Waals surface area contributed by atoms with E-state index < -0.39 is 5.97 Å². The van der Waals surface area contributed by atoms with Crippen LogP contribution in [0.1, 0.15) is 45.1 Å². The van der Waals surface area contributed by atoms with Gasteiger partial charge >= 0.3 is 5.97 Å². The van der Waals surface area contributed by atoms with Crippen molar-refractivity contribution in [2.45, 2.75) is 34.3 Å². The van der Waals surface area contributed by atoms with Crippen molar-refractivity contribution in [1.29, 1.82) is 0 Å². The molecule has 0 aliphatic carbocycles. The second-order valence-electron chi connectivity index (χ2n) is 9.32. The Morgan fingerprint density at radius 3 is 2.45 bits per heavy atom. The molecular weight excluding hydrogens is 522 g/mol. The number of methoxy groups -OCH3 is 1. The molecule has 0 atom stereocenters. The van der Waals surface area contributed by atoms with Gasteiger partial charge in [-0.3, -0.25) is 4.79 Å². The predicted octanol–water partition coefficient (Wildman–Crippen LogP) is 7.76. The lowest BCUT2D eigenvalue weighted by Gasteiger charge is -2.12. The van der Waals surface area contributed by atoms with Gasteiger partial charge < -0.3 is 19.5 Å². The molecule has 0 fully saturated rings. The van der Waals surface area contributed by atoms with Gasteiger partial charge in [-0.05, 0) is 79.3 Å². The third-order valence-corrected chi connectivity index (χ3v) is 7.48. The molecule has 1 N–H and O–H groups in total. The van der Waals surface area contributed by atoms with Gasteiger partial charge in [-0.25, -0.2) is 4.79 Å². The third-order valence-electron chi connectivity index (χ3n) is 6.58. The highest BCUT2D eigenvalue weighted by Gasteiger charge is 2.22. The third kappa shape index (κ3) is 6.79. The van der Waals surface area contributed by atoms with Gasteiger partial charge in [0.25, 0.3) is 0 Å². The molecule has 0 saturated heterocycles. The molecule has 40 heavy (non-hydrogen) atoms. The Bertz CT molecular complexity index is 1550. The SMILES string of the molecule is CCOC(=O)c1c(-c2ccc(C)c(C)c2)csc1NC(=O)/C=C/c1ccc(OCc2ccccc2C)c(OC)c1. The fourth-order valence-electron chi connectivity index (χ4n) is 4.14. The van der Waals surface area contributed by atoms with Gasteiger partial charge in [0.15, 0.2) is 11.5 Å². The number of hydrogen-bond acceptors (Lipinski definition) is 6. The van der Waals surface area contributed by atoms with Gasteiger partial charge in [0.1, 0.15) is 17.2 Å². The number of benzene rings is 3. The van der Waals surface area contributed by atoms with Crippen LogP contribution in [-0.2, 0) is 16.1 Å². The Kier molecular flexibility index (Phi) is 9.40. The average Bonchev–Trinajstić information content (AvgIpc) is 3.36. The topological polar surface area (TPSA) is 73.9 Å². The number of ether oxygens (including phenoxy) is 3. The zero-order chi connectivity index (χ0) is 28.6. The number of thiophene rings is 1. The van der Waals surface area contributed by atoms with Crippen LogP contribution in [0.2, 0.25) is 0 Å². The van der Waals surface area contributed by atoms with E-state index in [4.69, 9.17) is 14.2 Å². The molecule has 0 aliphatic heterocycles. The van der Waals surface area contributed by atoms with Crippen molar-refractivity contribution in [2.24, 2.45) is 0 Å². The van der Waals surface area contributed by atoms with E-state index >= 15 is 0 Å². The van der Waals surface area contributed by atoms with Crippen LogP contribution in [0.4, 0.5) is 5.00 Å². The minimum absolute atomic E-state index is 0.237. The van der Waals surface area contributed by atoms with Crippen LogP contribution in [-0.4, -0.2) is 25.6 Å². The van der Waals surface area contributed by atoms with Gasteiger partial charge in [-0.2, -0.15) is 0 Å². The number of carbonyl (C=O) groups excluding carboxylic acids is 2. The van der Waals surface area contributed by atoms with Gasteiger partial charge in [-0.15, -0.1) is 11.3 Å². The van der Waals surface area contributed by atoms with Gasteiger partial charge in [0.05, 0.1) is 13.7 Å². The van der Waals surface area contributed by atoms with Crippen molar-refractivity contribution in [3.8, 4) is 22.6 Å². The van der Waals surface area contributed by atoms with Crippen molar-refractivity contribution in [3.63, 3.8) is 0 Å². The largest absolute Gasteiger partial charge is 0.493 e. The summed E-state index contributed by atoms with van der Waals surface area (Å²) in [6, 6.07) is 19.6. The maximum absolute atomic E-state index is 12.9. The predicted molar refractivity (Wildman–Crippen MR) is 161 cm³/mol. The van der Waals surface area contributed by atoms with Crippen LogP contribution in [0.3, 0.4) is 0 Å². The molecule has 0 spiro atoms. The summed E-state index contributed by atoms with van der Waals surface area (Å²) in [6.45, 7) is 8.54. The van der Waals surface area contributed by atoms with Gasteiger partial charge in [0.2, 0.25) is 5.91 Å². The summed E-state index contributed by atoms with van der Waals surface area (Å²) in [4.78, 5) is 25.8. The number of rotatable bonds is 10. The number of anilines is 1. The lowest BCUT2D eigenvalue weighted by atomic mass is 9.99. The monoisotopic (exact) mass is 555 g/mol. The smallest absolute Gasteiger partial charge is 0.341 e. The fraction of sp³-hybridized carbons (Fsp3) is 0.212. The summed E-state index contributed by atoms with van der Waals surface area (Å²) in [5, 5.41) is 5.17. The summed E-state index contributed by atoms with van der Waals surface area (Å²) < 4.78 is 16.8. The normalized spacial score (nSPS) is 10.9. The molecule has 206 valence electrons. The van der Waals surface area contributed by atoms with Crippen LogP contribution < -0.4 is 14.8 Å². The van der Waals surface area contributed by atoms with Crippen molar-refractivity contribution < 1.29 is 23.8 Å². The average molecular weight is 556 g/mol. The van der Waals surface area contributed by atoms with Crippen molar-refractivity contribution in [2.75, 3.05) is 19.0 Å². The second kappa shape index (κ2) is 13.1. The molecule has 4 rings (SSSR count). The molecule has 0 aliphatic rings. The molecule has 7 heteroatoms. The molecule has 1 aromatic heterocycles. The van der Waals surface area contributed by atoms with E-state index in [1.165, 1.54) is 17.4 Å². The van der Waals surface area contributed by atoms with E-state index in [1.807, 2.05) is 86.8 Å². The summed E-state index contributed by atoms with van der Waals surface area (Å²) in [5.74, 6) is 0.348. The number of carbonyl (C=O) groups is 2. The summed E-state index contributed by atoms with van der Waals surface area (Å²) in [6.07, 6.45) is 3.11. The summed E-state index contributed by atoms with van der Waals surface area (Å²) in [5.41, 5.74) is 7.29. The Labute approximate surface area is 239 Å². The van der Waals surface area contributed by atoms with Crippen LogP contribution in [0.5, 0.6) is 11.5 Å². The van der Waals surface area contributed by atoms with Crippen LogP contribution >= 0.6 is 11.3 Å². The summed E-state index contributed by atoms with van der Waals surface area (Å²) >= 11 is 1.29. The van der Waals surface area contributed by atoms with Crippen LogP contribution in [0.25, 0.3) is 17.2 Å². The molecule has 0 radical (unpaired) electrons. The van der Waals surface area contributed by atoms with E-state index in [0.717, 1.165) is 38.9 Å². The first kappa shape index (κ1) is 28.6. The quantitative estimate of drug-likeness (QED) is 0.160. The van der Waals surface area contributed by atoms with E-state index in [9.17, 15) is 9.59 Å². The molecule has 0 saturated carbocycles. The van der Waals surface area contributed by atoms with E-state index in [0.29, 0.717) is 28.7 Å². The number of amides is 1. The lowest BCUT2D eigenvalue weighted by molar-refractivity contribution is -0.111.